The van der Waals surface area contributed by atoms with E-state index >= 15 is 0 Å². The summed E-state index contributed by atoms with van der Waals surface area (Å²) >= 11 is 0. The number of aromatic nitrogens is 1. The average Bonchev–Trinajstić information content (AvgIpc) is 2.47. The van der Waals surface area contributed by atoms with Crippen LogP contribution in [0.4, 0.5) is 0 Å². The van der Waals surface area contributed by atoms with Crippen molar-refractivity contribution >= 4 is 12.0 Å². The summed E-state index contributed by atoms with van der Waals surface area (Å²) in [6, 6.07) is 11.9. The molecule has 0 atom stereocenters. The molecule has 1 heterocycles. The van der Waals surface area contributed by atoms with Crippen LogP contribution in [0.2, 0.25) is 0 Å². The maximum Gasteiger partial charge on any atom is 0.331 e. The van der Waals surface area contributed by atoms with Crippen LogP contribution in [-0.4, -0.2) is 16.1 Å². The number of carboxylic acid groups (broad SMARTS) is 1. The molecule has 3 nitrogen and oxygen atoms in total. The van der Waals surface area contributed by atoms with E-state index in [4.69, 9.17) is 5.11 Å². The normalized spacial score (nSPS) is 13.6. The molecule has 0 fully saturated rings. The van der Waals surface area contributed by atoms with E-state index in [9.17, 15) is 4.79 Å². The van der Waals surface area contributed by atoms with Crippen molar-refractivity contribution in [1.82, 2.24) is 4.98 Å². The number of pyridine rings is 1. The maximum atomic E-state index is 11.0. The number of benzene rings is 1. The van der Waals surface area contributed by atoms with Crippen molar-refractivity contribution in [2.24, 2.45) is 0 Å². The molecular weight excluding hydrogens is 238 g/mol. The van der Waals surface area contributed by atoms with Crippen molar-refractivity contribution in [2.75, 3.05) is 0 Å². The topological polar surface area (TPSA) is 50.2 Å². The second-order valence-electron chi connectivity index (χ2n) is 4.60. The minimum atomic E-state index is -0.825. The van der Waals surface area contributed by atoms with Crippen LogP contribution in [-0.2, 0) is 11.2 Å². The van der Waals surface area contributed by atoms with Gasteiger partial charge in [-0.3, -0.25) is 4.98 Å². The molecule has 19 heavy (non-hydrogen) atoms. The molecule has 1 aliphatic rings. The quantitative estimate of drug-likeness (QED) is 0.891. The molecule has 0 amide bonds. The highest BCUT2D eigenvalue weighted by Gasteiger charge is 2.15. The molecule has 0 saturated carbocycles. The summed E-state index contributed by atoms with van der Waals surface area (Å²) in [6.45, 7) is 0. The Morgan fingerprint density at radius 1 is 1.16 bits per heavy atom. The minimum Gasteiger partial charge on any atom is -0.478 e. The number of nitrogens with zero attached hydrogens (tertiary/aromatic N) is 1. The lowest BCUT2D eigenvalue weighted by Crippen LogP contribution is -2.07. The van der Waals surface area contributed by atoms with Crippen LogP contribution in [0, 0.1) is 0 Å². The number of rotatable bonds is 2. The molecule has 1 N–H and O–H groups in total. The van der Waals surface area contributed by atoms with Crippen molar-refractivity contribution in [3.63, 3.8) is 0 Å². The average molecular weight is 251 g/mol. The van der Waals surface area contributed by atoms with Gasteiger partial charge in [-0.05, 0) is 48.2 Å². The van der Waals surface area contributed by atoms with E-state index in [0.29, 0.717) is 12.0 Å². The number of fused-ring (bicyclic) bond motifs is 1. The Labute approximate surface area is 111 Å². The lowest BCUT2D eigenvalue weighted by molar-refractivity contribution is -0.132. The fourth-order valence-corrected chi connectivity index (χ4v) is 2.35. The summed E-state index contributed by atoms with van der Waals surface area (Å²) in [7, 11) is 0. The van der Waals surface area contributed by atoms with E-state index in [1.807, 2.05) is 30.3 Å². The van der Waals surface area contributed by atoms with E-state index in [1.165, 1.54) is 5.56 Å². The number of carboxylic acids is 1. The van der Waals surface area contributed by atoms with Crippen LogP contribution < -0.4 is 0 Å². The largest absolute Gasteiger partial charge is 0.478 e. The Hall–Kier alpha value is -2.42. The first-order valence-corrected chi connectivity index (χ1v) is 6.22. The van der Waals surface area contributed by atoms with Gasteiger partial charge in [-0.1, -0.05) is 18.2 Å². The molecule has 0 saturated heterocycles. The number of aliphatic carboxylic acids is 1. The van der Waals surface area contributed by atoms with Crippen molar-refractivity contribution in [3.05, 3.63) is 59.3 Å². The first-order valence-electron chi connectivity index (χ1n) is 6.22. The van der Waals surface area contributed by atoms with Gasteiger partial charge in [0.05, 0.1) is 5.69 Å². The zero-order valence-corrected chi connectivity index (χ0v) is 10.3. The van der Waals surface area contributed by atoms with Gasteiger partial charge < -0.3 is 5.11 Å². The maximum absolute atomic E-state index is 11.0. The predicted octanol–water partition coefficient (Wildman–Crippen LogP) is 3.16. The predicted molar refractivity (Wildman–Crippen MR) is 73.6 cm³/mol. The van der Waals surface area contributed by atoms with Crippen molar-refractivity contribution in [2.45, 2.75) is 12.8 Å². The molecule has 1 aromatic carbocycles. The van der Waals surface area contributed by atoms with Crippen LogP contribution in [0.3, 0.4) is 0 Å². The van der Waals surface area contributed by atoms with Crippen LogP contribution in [0.5, 0.6) is 0 Å². The monoisotopic (exact) mass is 251 g/mol. The first-order chi connectivity index (χ1) is 9.24. The van der Waals surface area contributed by atoms with Gasteiger partial charge in [-0.15, -0.1) is 0 Å². The number of hydrogen-bond acceptors (Lipinski definition) is 2. The molecule has 2 aromatic rings. The second kappa shape index (κ2) is 4.69. The van der Waals surface area contributed by atoms with Crippen LogP contribution in [0.25, 0.3) is 17.3 Å². The highest BCUT2D eigenvalue weighted by atomic mass is 16.4. The summed E-state index contributed by atoms with van der Waals surface area (Å²) in [4.78, 5) is 15.4. The molecule has 0 radical (unpaired) electrons. The lowest BCUT2D eigenvalue weighted by Gasteiger charge is -2.15. The molecule has 94 valence electrons. The molecule has 3 rings (SSSR count). The van der Waals surface area contributed by atoms with E-state index in [2.05, 4.69) is 11.1 Å². The number of aryl methyl sites for hydroxylation is 1. The van der Waals surface area contributed by atoms with Gasteiger partial charge in [0.15, 0.2) is 0 Å². The van der Waals surface area contributed by atoms with Crippen molar-refractivity contribution < 1.29 is 9.90 Å². The Morgan fingerprint density at radius 2 is 2.05 bits per heavy atom. The Bertz CT molecular complexity index is 660. The lowest BCUT2D eigenvalue weighted by atomic mass is 9.90. The molecule has 0 spiro atoms. The molecule has 0 unspecified atom stereocenters. The minimum absolute atomic E-state index is 0.477. The fourth-order valence-electron chi connectivity index (χ4n) is 2.35. The SMILES string of the molecule is O=C(O)C1=Cc2cc(-c3ccccn3)ccc2CC1. The van der Waals surface area contributed by atoms with Gasteiger partial charge in [-0.25, -0.2) is 4.79 Å². The van der Waals surface area contributed by atoms with Crippen molar-refractivity contribution in [1.29, 1.82) is 0 Å². The van der Waals surface area contributed by atoms with Crippen molar-refractivity contribution in [3.8, 4) is 11.3 Å². The van der Waals surface area contributed by atoms with Gasteiger partial charge in [-0.2, -0.15) is 0 Å². The van der Waals surface area contributed by atoms with Gasteiger partial charge >= 0.3 is 5.97 Å². The third kappa shape index (κ3) is 2.27. The number of carbonyl (C=O) groups is 1. The highest BCUT2D eigenvalue weighted by molar-refractivity contribution is 5.93. The second-order valence-corrected chi connectivity index (χ2v) is 4.60. The molecular formula is C16H13NO2. The Morgan fingerprint density at radius 3 is 2.79 bits per heavy atom. The molecule has 0 bridgehead atoms. The molecule has 3 heteroatoms. The third-order valence-electron chi connectivity index (χ3n) is 3.37. The molecule has 1 aromatic heterocycles. The van der Waals surface area contributed by atoms with Crippen LogP contribution in [0.1, 0.15) is 17.5 Å². The van der Waals surface area contributed by atoms with Gasteiger partial charge in [0.1, 0.15) is 0 Å². The van der Waals surface area contributed by atoms with E-state index < -0.39 is 5.97 Å². The third-order valence-corrected chi connectivity index (χ3v) is 3.37. The van der Waals surface area contributed by atoms with E-state index in [-0.39, 0.29) is 0 Å². The molecule has 1 aliphatic carbocycles. The first kappa shape index (κ1) is 11.7. The highest BCUT2D eigenvalue weighted by Crippen LogP contribution is 2.28. The fraction of sp³-hybridized carbons (Fsp3) is 0.125. The van der Waals surface area contributed by atoms with Gasteiger partial charge in [0.25, 0.3) is 0 Å². The number of hydrogen-bond donors (Lipinski definition) is 1. The Kier molecular flexibility index (Phi) is 2.88. The van der Waals surface area contributed by atoms with E-state index in [1.54, 1.807) is 12.3 Å². The van der Waals surface area contributed by atoms with Crippen LogP contribution >= 0.6 is 0 Å². The standard InChI is InChI=1S/C16H13NO2/c18-16(19)13-7-5-11-4-6-12(9-14(11)10-13)15-3-1-2-8-17-15/h1-4,6,8-10H,5,7H2,(H,18,19). The van der Waals surface area contributed by atoms with Gasteiger partial charge in [0.2, 0.25) is 0 Å². The zero-order chi connectivity index (χ0) is 13.2. The summed E-state index contributed by atoms with van der Waals surface area (Å²) in [6.07, 6.45) is 4.92. The summed E-state index contributed by atoms with van der Waals surface area (Å²) in [5, 5.41) is 9.07. The summed E-state index contributed by atoms with van der Waals surface area (Å²) < 4.78 is 0. The van der Waals surface area contributed by atoms with E-state index in [0.717, 1.165) is 23.2 Å². The van der Waals surface area contributed by atoms with Gasteiger partial charge in [0, 0.05) is 17.3 Å². The molecule has 0 aliphatic heterocycles. The zero-order valence-electron chi connectivity index (χ0n) is 10.3. The Balaban J connectivity index is 2.05. The summed E-state index contributed by atoms with van der Waals surface area (Å²) in [5.74, 6) is -0.825. The smallest absolute Gasteiger partial charge is 0.331 e. The van der Waals surface area contributed by atoms with Crippen LogP contribution in [0.15, 0.2) is 48.2 Å². The summed E-state index contributed by atoms with van der Waals surface area (Å²) in [5.41, 5.74) is 4.59.